The van der Waals surface area contributed by atoms with Crippen LogP contribution in [0.25, 0.3) is 0 Å². The highest BCUT2D eigenvalue weighted by atomic mass is 16.2. The number of nitrogens with one attached hydrogen (secondary N) is 2. The molecule has 1 aliphatic heterocycles. The molecule has 1 heterocycles. The van der Waals surface area contributed by atoms with Crippen molar-refractivity contribution in [1.29, 1.82) is 0 Å². The number of rotatable bonds is 6. The summed E-state index contributed by atoms with van der Waals surface area (Å²) in [7, 11) is 0. The summed E-state index contributed by atoms with van der Waals surface area (Å²) in [5.74, 6) is -0.0398. The molecule has 1 aromatic rings. The average molecular weight is 371 g/mol. The van der Waals surface area contributed by atoms with E-state index in [1.807, 2.05) is 31.2 Å². The second kappa shape index (κ2) is 7.71. The average Bonchev–Trinajstić information content (AvgIpc) is 2.85. The first-order chi connectivity index (χ1) is 12.8. The number of carbonyl (C=O) groups excluding carboxylic acids is 3. The van der Waals surface area contributed by atoms with Gasteiger partial charge in [0.05, 0.1) is 0 Å². The minimum Gasteiger partial charge on any atom is -0.352 e. The topological polar surface area (TPSA) is 78.5 Å². The number of fused-ring (bicyclic) bond motifs is 2. The summed E-state index contributed by atoms with van der Waals surface area (Å²) >= 11 is 0. The van der Waals surface area contributed by atoms with Gasteiger partial charge in [-0.1, -0.05) is 38.1 Å². The molecule has 2 N–H and O–H groups in total. The van der Waals surface area contributed by atoms with Crippen LogP contribution in [0.1, 0.15) is 57.6 Å². The van der Waals surface area contributed by atoms with Crippen LogP contribution in [-0.4, -0.2) is 35.3 Å². The smallest absolute Gasteiger partial charge is 0.325 e. The molecule has 0 aromatic heterocycles. The van der Waals surface area contributed by atoms with Gasteiger partial charge in [-0.05, 0) is 56.1 Å². The van der Waals surface area contributed by atoms with Crippen LogP contribution in [0.5, 0.6) is 0 Å². The fourth-order valence-corrected chi connectivity index (χ4v) is 4.07. The quantitative estimate of drug-likeness (QED) is 0.755. The Hall–Kier alpha value is -2.37. The number of nitrogens with zero attached hydrogens (tertiary/aromatic N) is 1. The summed E-state index contributed by atoms with van der Waals surface area (Å²) in [6, 6.07) is 7.28. The number of hydrogen-bond acceptors (Lipinski definition) is 3. The highest BCUT2D eigenvalue weighted by Crippen LogP contribution is 2.39. The van der Waals surface area contributed by atoms with E-state index in [2.05, 4.69) is 24.5 Å². The van der Waals surface area contributed by atoms with Gasteiger partial charge in [0.2, 0.25) is 5.91 Å². The molecule has 0 unspecified atom stereocenters. The van der Waals surface area contributed by atoms with E-state index >= 15 is 0 Å². The number of carbonyl (C=O) groups is 3. The number of imide groups is 1. The summed E-state index contributed by atoms with van der Waals surface area (Å²) in [6.07, 6.45) is 4.19. The Morgan fingerprint density at radius 1 is 1.22 bits per heavy atom. The molecular weight excluding hydrogens is 342 g/mol. The second-order valence-electron chi connectivity index (χ2n) is 8.18. The number of hydrogen-bond donors (Lipinski definition) is 2. The zero-order valence-electron chi connectivity index (χ0n) is 16.4. The van der Waals surface area contributed by atoms with Crippen molar-refractivity contribution in [1.82, 2.24) is 15.5 Å². The molecule has 4 amide bonds. The van der Waals surface area contributed by atoms with Gasteiger partial charge in [0.25, 0.3) is 5.91 Å². The monoisotopic (exact) mass is 371 g/mol. The lowest BCUT2D eigenvalue weighted by atomic mass is 9.76. The molecule has 1 aliphatic carbocycles. The van der Waals surface area contributed by atoms with E-state index in [9.17, 15) is 14.4 Å². The van der Waals surface area contributed by atoms with Crippen LogP contribution >= 0.6 is 0 Å². The van der Waals surface area contributed by atoms with Gasteiger partial charge in [-0.3, -0.25) is 14.5 Å². The molecule has 1 aromatic carbocycles. The van der Waals surface area contributed by atoms with Gasteiger partial charge in [0, 0.05) is 6.04 Å². The SMILES string of the molecule is CC(C)CC[C@@H](C)NC(=O)CN1C(=O)N[C@@]2(CCCc3ccccc32)C1=O. The molecule has 6 nitrogen and oxygen atoms in total. The molecule has 3 rings (SSSR count). The van der Waals surface area contributed by atoms with Crippen LogP contribution < -0.4 is 10.6 Å². The fourth-order valence-electron chi connectivity index (χ4n) is 4.07. The molecule has 6 heteroatoms. The summed E-state index contributed by atoms with van der Waals surface area (Å²) in [5.41, 5.74) is 0.934. The summed E-state index contributed by atoms with van der Waals surface area (Å²) in [5, 5.41) is 5.78. The predicted molar refractivity (Wildman–Crippen MR) is 103 cm³/mol. The first-order valence-corrected chi connectivity index (χ1v) is 9.85. The normalized spacial score (nSPS) is 22.7. The first kappa shape index (κ1) is 19.4. The van der Waals surface area contributed by atoms with E-state index in [4.69, 9.17) is 0 Å². The van der Waals surface area contributed by atoms with Gasteiger partial charge in [-0.15, -0.1) is 0 Å². The molecule has 0 bridgehead atoms. The molecule has 2 atom stereocenters. The molecule has 1 fully saturated rings. The van der Waals surface area contributed by atoms with Gasteiger partial charge >= 0.3 is 6.03 Å². The summed E-state index contributed by atoms with van der Waals surface area (Å²) in [4.78, 5) is 39.1. The maximum absolute atomic E-state index is 13.2. The fraction of sp³-hybridized carbons (Fsp3) is 0.571. The van der Waals surface area contributed by atoms with Crippen LogP contribution in [-0.2, 0) is 21.5 Å². The molecule has 27 heavy (non-hydrogen) atoms. The Balaban J connectivity index is 1.70. The summed E-state index contributed by atoms with van der Waals surface area (Å²) in [6.45, 7) is 6.00. The van der Waals surface area contributed by atoms with Gasteiger partial charge in [-0.25, -0.2) is 4.79 Å². The van der Waals surface area contributed by atoms with Crippen LogP contribution in [0.2, 0.25) is 0 Å². The van der Waals surface area contributed by atoms with Crippen molar-refractivity contribution in [2.24, 2.45) is 5.92 Å². The molecule has 0 saturated carbocycles. The number of aryl methyl sites for hydroxylation is 1. The zero-order chi connectivity index (χ0) is 19.6. The van der Waals surface area contributed by atoms with Crippen LogP contribution in [0, 0.1) is 5.92 Å². The van der Waals surface area contributed by atoms with E-state index in [0.29, 0.717) is 12.3 Å². The lowest BCUT2D eigenvalue weighted by molar-refractivity contribution is -0.135. The van der Waals surface area contributed by atoms with Crippen molar-refractivity contribution < 1.29 is 14.4 Å². The lowest BCUT2D eigenvalue weighted by Gasteiger charge is -2.33. The molecule has 146 valence electrons. The van der Waals surface area contributed by atoms with Crippen LogP contribution in [0.3, 0.4) is 0 Å². The summed E-state index contributed by atoms with van der Waals surface area (Å²) < 4.78 is 0. The minimum absolute atomic E-state index is 0.0185. The van der Waals surface area contributed by atoms with E-state index < -0.39 is 11.6 Å². The van der Waals surface area contributed by atoms with Gasteiger partial charge in [0.15, 0.2) is 0 Å². The van der Waals surface area contributed by atoms with Crippen molar-refractivity contribution in [2.45, 2.75) is 64.5 Å². The van der Waals surface area contributed by atoms with Crippen molar-refractivity contribution in [2.75, 3.05) is 6.54 Å². The predicted octanol–water partition coefficient (Wildman–Crippen LogP) is 2.71. The third kappa shape index (κ3) is 3.84. The molecule has 2 aliphatic rings. The Kier molecular flexibility index (Phi) is 5.53. The van der Waals surface area contributed by atoms with Crippen molar-refractivity contribution in [3.05, 3.63) is 35.4 Å². The van der Waals surface area contributed by atoms with Gasteiger partial charge < -0.3 is 10.6 Å². The van der Waals surface area contributed by atoms with Crippen LogP contribution in [0.15, 0.2) is 24.3 Å². The maximum atomic E-state index is 13.2. The van der Waals surface area contributed by atoms with Gasteiger partial charge in [-0.2, -0.15) is 0 Å². The first-order valence-electron chi connectivity index (χ1n) is 9.85. The standard InChI is InChI=1S/C21H29N3O3/c1-14(2)10-11-15(3)22-18(25)13-24-19(26)21(23-20(24)27)12-6-8-16-7-4-5-9-17(16)21/h4-5,7,9,14-15H,6,8,10-13H2,1-3H3,(H,22,25)(H,23,27)/t15-,21-/m1/s1. The van der Waals surface area contributed by atoms with Crippen LogP contribution in [0.4, 0.5) is 4.79 Å². The molecule has 0 radical (unpaired) electrons. The van der Waals surface area contributed by atoms with E-state index in [1.165, 1.54) is 0 Å². The Morgan fingerprint density at radius 3 is 2.70 bits per heavy atom. The Morgan fingerprint density at radius 2 is 1.96 bits per heavy atom. The zero-order valence-corrected chi connectivity index (χ0v) is 16.4. The second-order valence-corrected chi connectivity index (χ2v) is 8.18. The van der Waals surface area contributed by atoms with Gasteiger partial charge in [0.1, 0.15) is 12.1 Å². The highest BCUT2D eigenvalue weighted by Gasteiger charge is 2.54. The number of benzene rings is 1. The third-order valence-electron chi connectivity index (χ3n) is 5.54. The van der Waals surface area contributed by atoms with Crippen molar-refractivity contribution in [3.63, 3.8) is 0 Å². The maximum Gasteiger partial charge on any atom is 0.325 e. The van der Waals surface area contributed by atoms with Crippen molar-refractivity contribution in [3.8, 4) is 0 Å². The van der Waals surface area contributed by atoms with E-state index in [0.717, 1.165) is 41.7 Å². The minimum atomic E-state index is -1.02. The van der Waals surface area contributed by atoms with E-state index in [-0.39, 0.29) is 24.4 Å². The number of amides is 4. The third-order valence-corrected chi connectivity index (χ3v) is 5.54. The molecular formula is C21H29N3O3. The van der Waals surface area contributed by atoms with Crippen molar-refractivity contribution >= 4 is 17.8 Å². The molecule has 1 saturated heterocycles. The van der Waals surface area contributed by atoms with E-state index in [1.54, 1.807) is 0 Å². The number of urea groups is 1. The highest BCUT2D eigenvalue weighted by molar-refractivity contribution is 6.09. The lowest BCUT2D eigenvalue weighted by Crippen LogP contribution is -2.47. The Labute approximate surface area is 160 Å². The largest absolute Gasteiger partial charge is 0.352 e. The Bertz CT molecular complexity index is 746. The molecule has 1 spiro atoms.